The average Bonchev–Trinajstić information content (AvgIpc) is 2.26. The summed E-state index contributed by atoms with van der Waals surface area (Å²) in [5.41, 5.74) is 5.03. The van der Waals surface area contributed by atoms with E-state index in [4.69, 9.17) is 19.9 Å². The summed E-state index contributed by atoms with van der Waals surface area (Å²) >= 11 is 0. The molecule has 0 spiro atoms. The molecule has 6 nitrogen and oxygen atoms in total. The molecule has 0 aromatic heterocycles. The van der Waals surface area contributed by atoms with E-state index in [2.05, 4.69) is 4.74 Å². The zero-order valence-corrected chi connectivity index (χ0v) is 9.07. The van der Waals surface area contributed by atoms with Gasteiger partial charge in [0.1, 0.15) is 6.61 Å². The predicted molar refractivity (Wildman–Crippen MR) is 53.5 cm³/mol. The van der Waals surface area contributed by atoms with Crippen molar-refractivity contribution >= 4 is 5.97 Å². The lowest BCUT2D eigenvalue weighted by Crippen LogP contribution is -2.19. The second kappa shape index (κ2) is 11.4. The quantitative estimate of drug-likeness (QED) is 0.383. The first-order chi connectivity index (χ1) is 7.31. The molecule has 0 atom stereocenters. The molecular weight excluding hydrogens is 202 g/mol. The number of ether oxygens (including phenoxy) is 4. The van der Waals surface area contributed by atoms with Crippen LogP contribution in [-0.2, 0) is 23.7 Å². The van der Waals surface area contributed by atoms with Crippen LogP contribution in [-0.4, -0.2) is 59.3 Å². The minimum atomic E-state index is -0.421. The van der Waals surface area contributed by atoms with E-state index >= 15 is 0 Å². The second-order valence-electron chi connectivity index (χ2n) is 2.64. The van der Waals surface area contributed by atoms with E-state index in [1.54, 1.807) is 7.11 Å². The number of nitrogens with two attached hydrogens (primary N) is 1. The fourth-order valence-corrected chi connectivity index (χ4v) is 0.738. The number of rotatable bonds is 10. The molecule has 0 aliphatic heterocycles. The van der Waals surface area contributed by atoms with E-state index < -0.39 is 5.97 Å². The van der Waals surface area contributed by atoms with Crippen LogP contribution in [0.4, 0.5) is 0 Å². The van der Waals surface area contributed by atoms with Gasteiger partial charge in [-0.25, -0.2) is 0 Å². The van der Waals surface area contributed by atoms with Crippen molar-refractivity contribution in [1.29, 1.82) is 0 Å². The first-order valence-electron chi connectivity index (χ1n) is 4.81. The van der Waals surface area contributed by atoms with Crippen molar-refractivity contribution in [2.75, 3.05) is 53.3 Å². The Kier molecular flexibility index (Phi) is 10.9. The number of carbonyl (C=O) groups is 1. The topological polar surface area (TPSA) is 80.0 Å². The fraction of sp³-hybridized carbons (Fsp3) is 0.889. The zero-order valence-electron chi connectivity index (χ0n) is 9.07. The number of esters is 1. The molecular formula is C9H19NO5. The van der Waals surface area contributed by atoms with Gasteiger partial charge in [-0.15, -0.1) is 0 Å². The third-order valence-electron chi connectivity index (χ3n) is 1.46. The normalized spacial score (nSPS) is 10.3. The van der Waals surface area contributed by atoms with E-state index in [1.165, 1.54) is 0 Å². The molecule has 0 rings (SSSR count). The number of hydrogen-bond donors (Lipinski definition) is 1. The molecule has 0 bridgehead atoms. The lowest BCUT2D eigenvalue weighted by atomic mass is 10.6. The van der Waals surface area contributed by atoms with Crippen molar-refractivity contribution in [3.05, 3.63) is 0 Å². The molecule has 0 aliphatic carbocycles. The number of hydrogen-bond acceptors (Lipinski definition) is 6. The summed E-state index contributed by atoms with van der Waals surface area (Å²) < 4.78 is 19.7. The van der Waals surface area contributed by atoms with Crippen molar-refractivity contribution in [3.8, 4) is 0 Å². The maximum atomic E-state index is 10.6. The Balaban J connectivity index is 2.95. The lowest BCUT2D eigenvalue weighted by molar-refractivity contribution is -0.143. The van der Waals surface area contributed by atoms with Crippen LogP contribution in [0.1, 0.15) is 0 Å². The van der Waals surface area contributed by atoms with Gasteiger partial charge in [-0.2, -0.15) is 0 Å². The van der Waals surface area contributed by atoms with Gasteiger partial charge in [-0.1, -0.05) is 0 Å². The fourth-order valence-electron chi connectivity index (χ4n) is 0.738. The van der Waals surface area contributed by atoms with Crippen LogP contribution in [0, 0.1) is 0 Å². The third-order valence-corrected chi connectivity index (χ3v) is 1.46. The maximum absolute atomic E-state index is 10.6. The van der Waals surface area contributed by atoms with Gasteiger partial charge in [0.15, 0.2) is 0 Å². The van der Waals surface area contributed by atoms with Gasteiger partial charge >= 0.3 is 5.97 Å². The highest BCUT2D eigenvalue weighted by atomic mass is 16.6. The predicted octanol–water partition coefficient (Wildman–Crippen LogP) is -0.832. The van der Waals surface area contributed by atoms with Gasteiger partial charge in [0, 0.05) is 7.11 Å². The summed E-state index contributed by atoms with van der Waals surface area (Å²) in [6.45, 7) is 2.61. The Bertz CT molecular complexity index is 153. The van der Waals surface area contributed by atoms with Gasteiger partial charge < -0.3 is 24.7 Å². The SMILES string of the molecule is COCCOCCOCCOC(=O)CN. The Hall–Kier alpha value is -0.690. The van der Waals surface area contributed by atoms with Gasteiger partial charge in [0.2, 0.25) is 0 Å². The van der Waals surface area contributed by atoms with Gasteiger partial charge in [0.25, 0.3) is 0 Å². The third kappa shape index (κ3) is 11.2. The van der Waals surface area contributed by atoms with Gasteiger partial charge in [-0.3, -0.25) is 4.79 Å². The smallest absolute Gasteiger partial charge is 0.319 e. The summed E-state index contributed by atoms with van der Waals surface area (Å²) in [6.07, 6.45) is 0. The van der Waals surface area contributed by atoms with E-state index in [-0.39, 0.29) is 13.2 Å². The minimum Gasteiger partial charge on any atom is -0.462 e. The molecule has 6 heteroatoms. The van der Waals surface area contributed by atoms with Crippen molar-refractivity contribution in [3.63, 3.8) is 0 Å². The van der Waals surface area contributed by atoms with E-state index in [9.17, 15) is 4.79 Å². The highest BCUT2D eigenvalue weighted by Crippen LogP contribution is 1.81. The molecule has 0 saturated carbocycles. The number of carbonyl (C=O) groups excluding carboxylic acids is 1. The van der Waals surface area contributed by atoms with Crippen LogP contribution in [0.5, 0.6) is 0 Å². The maximum Gasteiger partial charge on any atom is 0.319 e. The first-order valence-corrected chi connectivity index (χ1v) is 4.81. The number of methoxy groups -OCH3 is 1. The van der Waals surface area contributed by atoms with Crippen molar-refractivity contribution in [2.24, 2.45) is 5.73 Å². The van der Waals surface area contributed by atoms with Gasteiger partial charge in [0.05, 0.1) is 39.6 Å². The van der Waals surface area contributed by atoms with Crippen LogP contribution in [0.15, 0.2) is 0 Å². The van der Waals surface area contributed by atoms with E-state index in [1.807, 2.05) is 0 Å². The van der Waals surface area contributed by atoms with Crippen LogP contribution >= 0.6 is 0 Å². The summed E-state index contributed by atoms with van der Waals surface area (Å²) in [6, 6.07) is 0. The molecule has 0 fully saturated rings. The van der Waals surface area contributed by atoms with E-state index in [0.29, 0.717) is 33.0 Å². The Morgan fingerprint density at radius 2 is 1.53 bits per heavy atom. The highest BCUT2D eigenvalue weighted by molar-refractivity contribution is 5.71. The largest absolute Gasteiger partial charge is 0.462 e. The summed E-state index contributed by atoms with van der Waals surface area (Å²) in [4.78, 5) is 10.6. The zero-order chi connectivity index (χ0) is 11.4. The Morgan fingerprint density at radius 1 is 1.00 bits per heavy atom. The molecule has 0 saturated heterocycles. The van der Waals surface area contributed by atoms with Crippen molar-refractivity contribution < 1.29 is 23.7 Å². The lowest BCUT2D eigenvalue weighted by Gasteiger charge is -2.05. The van der Waals surface area contributed by atoms with Gasteiger partial charge in [-0.05, 0) is 0 Å². The summed E-state index contributed by atoms with van der Waals surface area (Å²) in [5, 5.41) is 0. The Morgan fingerprint density at radius 3 is 2.07 bits per heavy atom. The molecule has 0 aromatic carbocycles. The van der Waals surface area contributed by atoms with Crippen LogP contribution in [0.25, 0.3) is 0 Å². The highest BCUT2D eigenvalue weighted by Gasteiger charge is 1.97. The molecule has 2 N–H and O–H groups in total. The monoisotopic (exact) mass is 221 g/mol. The van der Waals surface area contributed by atoms with Crippen molar-refractivity contribution in [1.82, 2.24) is 0 Å². The molecule has 0 aliphatic rings. The molecule has 0 amide bonds. The Labute approximate surface area is 89.6 Å². The molecule has 90 valence electrons. The minimum absolute atomic E-state index is 0.0971. The van der Waals surface area contributed by atoms with Crippen LogP contribution in [0.2, 0.25) is 0 Å². The van der Waals surface area contributed by atoms with Crippen LogP contribution < -0.4 is 5.73 Å². The second-order valence-corrected chi connectivity index (χ2v) is 2.64. The standard InChI is InChI=1S/C9H19NO5/c1-12-2-3-13-4-5-14-6-7-15-9(11)8-10/h2-8,10H2,1H3. The summed E-state index contributed by atoms with van der Waals surface area (Å²) in [7, 11) is 1.62. The average molecular weight is 221 g/mol. The first kappa shape index (κ1) is 14.3. The van der Waals surface area contributed by atoms with E-state index in [0.717, 1.165) is 0 Å². The van der Waals surface area contributed by atoms with Crippen LogP contribution in [0.3, 0.4) is 0 Å². The molecule has 15 heavy (non-hydrogen) atoms. The van der Waals surface area contributed by atoms with Crippen molar-refractivity contribution in [2.45, 2.75) is 0 Å². The summed E-state index contributed by atoms with van der Waals surface area (Å²) in [5.74, 6) is -0.421. The molecule has 0 aromatic rings. The molecule has 0 unspecified atom stereocenters. The molecule has 0 radical (unpaired) electrons. The molecule has 0 heterocycles.